The molecule has 2 aromatic rings. The van der Waals surface area contributed by atoms with Crippen molar-refractivity contribution in [1.29, 1.82) is 0 Å². The molecular formula is C16H18FNO3. The van der Waals surface area contributed by atoms with Gasteiger partial charge in [-0.3, -0.25) is 4.79 Å². The van der Waals surface area contributed by atoms with Crippen LogP contribution in [-0.4, -0.2) is 35.6 Å². The molecule has 0 spiro atoms. The van der Waals surface area contributed by atoms with E-state index in [0.29, 0.717) is 29.6 Å². The zero-order valence-corrected chi connectivity index (χ0v) is 11.9. The third-order valence-electron chi connectivity index (χ3n) is 4.16. The lowest BCUT2D eigenvalue weighted by atomic mass is 9.98. The molecule has 0 bridgehead atoms. The van der Waals surface area contributed by atoms with Crippen molar-refractivity contribution in [3.8, 4) is 0 Å². The fraction of sp³-hybridized carbons (Fsp3) is 0.438. The van der Waals surface area contributed by atoms with Gasteiger partial charge in [-0.15, -0.1) is 0 Å². The number of benzene rings is 1. The van der Waals surface area contributed by atoms with E-state index in [1.807, 2.05) is 0 Å². The maximum absolute atomic E-state index is 13.3. The molecule has 1 amide bonds. The largest absolute Gasteiger partial charge is 0.451 e. The molecule has 3 rings (SSSR count). The zero-order chi connectivity index (χ0) is 15.0. The second kappa shape index (κ2) is 5.48. The first kappa shape index (κ1) is 14.1. The first-order valence-corrected chi connectivity index (χ1v) is 7.19. The number of hydrogen-bond donors (Lipinski definition) is 1. The molecule has 0 aliphatic carbocycles. The van der Waals surface area contributed by atoms with E-state index in [2.05, 4.69) is 0 Å². The molecule has 1 fully saturated rings. The first-order chi connectivity index (χ1) is 10.1. The van der Waals surface area contributed by atoms with Crippen molar-refractivity contribution in [1.82, 2.24) is 4.90 Å². The number of aliphatic hydroxyl groups excluding tert-OH is 1. The molecule has 1 aromatic carbocycles. The van der Waals surface area contributed by atoms with Gasteiger partial charge in [0.1, 0.15) is 11.4 Å². The smallest absolute Gasteiger partial charge is 0.289 e. The summed E-state index contributed by atoms with van der Waals surface area (Å²) in [6, 6.07) is 4.25. The number of furan rings is 1. The third kappa shape index (κ3) is 2.53. The Labute approximate surface area is 122 Å². The third-order valence-corrected chi connectivity index (χ3v) is 4.16. The van der Waals surface area contributed by atoms with Gasteiger partial charge in [-0.25, -0.2) is 4.39 Å². The number of nitrogens with zero attached hydrogens (tertiary/aromatic N) is 1. The van der Waals surface area contributed by atoms with E-state index in [-0.39, 0.29) is 30.0 Å². The minimum atomic E-state index is -0.344. The highest BCUT2D eigenvalue weighted by atomic mass is 19.1. The van der Waals surface area contributed by atoms with Crippen molar-refractivity contribution in [2.75, 3.05) is 19.7 Å². The van der Waals surface area contributed by atoms with Crippen LogP contribution in [0.5, 0.6) is 0 Å². The zero-order valence-electron chi connectivity index (χ0n) is 11.9. The summed E-state index contributed by atoms with van der Waals surface area (Å²) in [4.78, 5) is 14.3. The van der Waals surface area contributed by atoms with Crippen molar-refractivity contribution in [2.24, 2.45) is 5.92 Å². The molecule has 0 saturated carbocycles. The van der Waals surface area contributed by atoms with Gasteiger partial charge in [0, 0.05) is 30.6 Å². The lowest BCUT2D eigenvalue weighted by Gasteiger charge is -2.31. The molecule has 21 heavy (non-hydrogen) atoms. The average Bonchev–Trinajstić information content (AvgIpc) is 2.83. The van der Waals surface area contributed by atoms with Gasteiger partial charge in [0.25, 0.3) is 5.91 Å². The van der Waals surface area contributed by atoms with Crippen molar-refractivity contribution in [3.05, 3.63) is 35.3 Å². The quantitative estimate of drug-likeness (QED) is 0.925. The topological polar surface area (TPSA) is 53.7 Å². The average molecular weight is 291 g/mol. The maximum Gasteiger partial charge on any atom is 0.289 e. The Morgan fingerprint density at radius 1 is 1.52 bits per heavy atom. The minimum absolute atomic E-state index is 0.0914. The van der Waals surface area contributed by atoms with Gasteiger partial charge in [-0.05, 0) is 43.9 Å². The van der Waals surface area contributed by atoms with Gasteiger partial charge in [0.15, 0.2) is 5.76 Å². The van der Waals surface area contributed by atoms with Crippen LogP contribution in [0.2, 0.25) is 0 Å². The molecule has 1 aliphatic heterocycles. The Morgan fingerprint density at radius 3 is 3.10 bits per heavy atom. The Balaban J connectivity index is 1.92. The fourth-order valence-electron chi connectivity index (χ4n) is 2.94. The summed E-state index contributed by atoms with van der Waals surface area (Å²) in [5.41, 5.74) is 1.19. The number of hydrogen-bond acceptors (Lipinski definition) is 3. The highest BCUT2D eigenvalue weighted by Crippen LogP contribution is 2.28. The number of piperidine rings is 1. The monoisotopic (exact) mass is 291 g/mol. The molecule has 1 aromatic heterocycles. The predicted molar refractivity (Wildman–Crippen MR) is 76.6 cm³/mol. The van der Waals surface area contributed by atoms with Gasteiger partial charge in [0.2, 0.25) is 0 Å². The summed E-state index contributed by atoms with van der Waals surface area (Å²) >= 11 is 0. The first-order valence-electron chi connectivity index (χ1n) is 7.19. The lowest BCUT2D eigenvalue weighted by Crippen LogP contribution is -2.41. The van der Waals surface area contributed by atoms with E-state index in [9.17, 15) is 14.3 Å². The van der Waals surface area contributed by atoms with Crippen LogP contribution in [0.15, 0.2) is 22.6 Å². The second-order valence-corrected chi connectivity index (χ2v) is 5.64. The Bertz CT molecular complexity index is 679. The summed E-state index contributed by atoms with van der Waals surface area (Å²) in [6.45, 7) is 3.07. The Kier molecular flexibility index (Phi) is 3.68. The van der Waals surface area contributed by atoms with Gasteiger partial charge < -0.3 is 14.4 Å². The number of aliphatic hydroxyl groups is 1. The summed E-state index contributed by atoms with van der Waals surface area (Å²) in [7, 11) is 0. The van der Waals surface area contributed by atoms with E-state index in [1.54, 1.807) is 17.9 Å². The van der Waals surface area contributed by atoms with Crippen molar-refractivity contribution in [2.45, 2.75) is 19.8 Å². The number of carbonyl (C=O) groups excluding carboxylic acids is 1. The van der Waals surface area contributed by atoms with Gasteiger partial charge in [-0.1, -0.05) is 0 Å². The highest BCUT2D eigenvalue weighted by Gasteiger charge is 2.28. The van der Waals surface area contributed by atoms with Crippen molar-refractivity contribution >= 4 is 16.9 Å². The number of rotatable bonds is 2. The van der Waals surface area contributed by atoms with Crippen LogP contribution in [-0.2, 0) is 0 Å². The maximum atomic E-state index is 13.3. The Morgan fingerprint density at radius 2 is 2.33 bits per heavy atom. The number of carbonyl (C=O) groups is 1. The predicted octanol–water partition coefficient (Wildman–Crippen LogP) is 2.72. The molecule has 0 radical (unpaired) electrons. The van der Waals surface area contributed by atoms with Crippen LogP contribution < -0.4 is 0 Å². The van der Waals surface area contributed by atoms with Crippen molar-refractivity contribution in [3.63, 3.8) is 0 Å². The van der Waals surface area contributed by atoms with E-state index < -0.39 is 0 Å². The molecule has 4 nitrogen and oxygen atoms in total. The van der Waals surface area contributed by atoms with Crippen LogP contribution >= 0.6 is 0 Å². The molecule has 5 heteroatoms. The summed E-state index contributed by atoms with van der Waals surface area (Å²) in [5, 5.41) is 9.89. The second-order valence-electron chi connectivity index (χ2n) is 5.64. The van der Waals surface area contributed by atoms with Gasteiger partial charge in [0.05, 0.1) is 0 Å². The minimum Gasteiger partial charge on any atom is -0.451 e. The molecule has 2 heterocycles. The molecular weight excluding hydrogens is 273 g/mol. The summed E-state index contributed by atoms with van der Waals surface area (Å²) < 4.78 is 18.9. The van der Waals surface area contributed by atoms with Crippen molar-refractivity contribution < 1.29 is 18.7 Å². The standard InChI is InChI=1S/C16H18FNO3/c1-10-13-7-12(17)4-5-14(13)21-15(10)16(20)18-6-2-3-11(8-18)9-19/h4-5,7,11,19H,2-3,6,8-9H2,1H3. The summed E-state index contributed by atoms with van der Waals surface area (Å²) in [5.74, 6) is -0.120. The molecule has 1 saturated heterocycles. The lowest BCUT2D eigenvalue weighted by molar-refractivity contribution is 0.0591. The number of amides is 1. The SMILES string of the molecule is Cc1c(C(=O)N2CCCC(CO)C2)oc2ccc(F)cc12. The normalized spacial score (nSPS) is 19.2. The molecule has 1 N–H and O–H groups in total. The van der Waals surface area contributed by atoms with Crippen LogP contribution in [0.4, 0.5) is 4.39 Å². The fourth-order valence-corrected chi connectivity index (χ4v) is 2.94. The van der Waals surface area contributed by atoms with Crippen LogP contribution in [0.1, 0.15) is 29.0 Å². The number of likely N-dealkylation sites (tertiary alicyclic amines) is 1. The Hall–Kier alpha value is -1.88. The molecule has 112 valence electrons. The van der Waals surface area contributed by atoms with Crippen LogP contribution in [0, 0.1) is 18.7 Å². The molecule has 1 unspecified atom stereocenters. The summed E-state index contributed by atoms with van der Waals surface area (Å²) in [6.07, 6.45) is 1.81. The number of aryl methyl sites for hydroxylation is 1. The molecule has 1 atom stereocenters. The van der Waals surface area contributed by atoms with E-state index in [4.69, 9.17) is 4.42 Å². The van der Waals surface area contributed by atoms with E-state index >= 15 is 0 Å². The van der Waals surface area contributed by atoms with E-state index in [1.165, 1.54) is 12.1 Å². The van der Waals surface area contributed by atoms with Crippen LogP contribution in [0.25, 0.3) is 11.0 Å². The van der Waals surface area contributed by atoms with Gasteiger partial charge >= 0.3 is 0 Å². The number of halogens is 1. The van der Waals surface area contributed by atoms with E-state index in [0.717, 1.165) is 12.8 Å². The van der Waals surface area contributed by atoms with Gasteiger partial charge in [-0.2, -0.15) is 0 Å². The van der Waals surface area contributed by atoms with Crippen LogP contribution in [0.3, 0.4) is 0 Å². The highest BCUT2D eigenvalue weighted by molar-refractivity contribution is 5.99. The molecule has 1 aliphatic rings. The number of fused-ring (bicyclic) bond motifs is 1.